The topological polar surface area (TPSA) is 135 Å². The summed E-state index contributed by atoms with van der Waals surface area (Å²) in [6.45, 7) is 26.3. The van der Waals surface area contributed by atoms with Gasteiger partial charge in [0, 0.05) is 5.92 Å². The quantitative estimate of drug-likeness (QED) is 0.224. The van der Waals surface area contributed by atoms with E-state index in [9.17, 15) is 24.9 Å². The number of carbonyl (C=O) groups is 2. The Morgan fingerprint density at radius 3 is 2.04 bits per heavy atom. The Balaban J connectivity index is 1.53. The van der Waals surface area contributed by atoms with E-state index < -0.39 is 53.2 Å². The fourth-order valence-electron chi connectivity index (χ4n) is 12.6. The smallest absolute Gasteiger partial charge is 0.408 e. The van der Waals surface area contributed by atoms with Crippen LogP contribution in [-0.2, 0) is 19.0 Å². The largest absolute Gasteiger partial charge is 0.460 e. The van der Waals surface area contributed by atoms with Crippen molar-refractivity contribution in [3.63, 3.8) is 0 Å². The van der Waals surface area contributed by atoms with E-state index in [2.05, 4.69) is 46.9 Å². The van der Waals surface area contributed by atoms with E-state index in [1.54, 1.807) is 34.6 Å². The highest BCUT2D eigenvalue weighted by Crippen LogP contribution is 2.76. The Morgan fingerprint density at radius 2 is 1.49 bits per heavy atom. The lowest BCUT2D eigenvalue weighted by atomic mass is 9.37. The number of esters is 1. The normalized spacial score (nSPS) is 45.6. The first-order chi connectivity index (χ1) is 22.2. The molecule has 1 saturated heterocycles. The lowest BCUT2D eigenvalue weighted by molar-refractivity contribution is -0.242. The molecule has 0 aromatic carbocycles. The van der Waals surface area contributed by atoms with Crippen LogP contribution in [-0.4, -0.2) is 74.6 Å². The molecule has 282 valence electrons. The number of hydrogen-bond donors (Lipinski definition) is 4. The van der Waals surface area contributed by atoms with Crippen molar-refractivity contribution in [2.45, 2.75) is 189 Å². The third-order valence-electron chi connectivity index (χ3n) is 14.9. The number of amides is 1. The van der Waals surface area contributed by atoms with Crippen molar-refractivity contribution in [1.29, 1.82) is 0 Å². The van der Waals surface area contributed by atoms with Gasteiger partial charge in [0.1, 0.15) is 17.7 Å². The first kappa shape index (κ1) is 38.8. The van der Waals surface area contributed by atoms with E-state index in [1.165, 1.54) is 0 Å². The molecule has 0 aromatic heterocycles. The van der Waals surface area contributed by atoms with Crippen LogP contribution in [0.3, 0.4) is 0 Å². The number of nitrogens with one attached hydrogen (secondary N) is 1. The summed E-state index contributed by atoms with van der Waals surface area (Å²) in [4.78, 5) is 27.0. The van der Waals surface area contributed by atoms with Crippen LogP contribution in [0.2, 0.25) is 0 Å². The summed E-state index contributed by atoms with van der Waals surface area (Å²) in [7, 11) is 0. The number of aliphatic hydroxyl groups excluding tert-OH is 2. The van der Waals surface area contributed by atoms with E-state index in [0.29, 0.717) is 25.2 Å². The van der Waals surface area contributed by atoms with Crippen LogP contribution in [0, 0.1) is 51.2 Å². The molecule has 9 heteroatoms. The summed E-state index contributed by atoms with van der Waals surface area (Å²) >= 11 is 0. The maximum atomic E-state index is 14.2. The average Bonchev–Trinajstić information content (AvgIpc) is 3.44. The number of fused-ring (bicyclic) bond motifs is 5. The summed E-state index contributed by atoms with van der Waals surface area (Å²) in [5, 5.41) is 37.0. The van der Waals surface area contributed by atoms with Gasteiger partial charge in [-0.3, -0.25) is 0 Å². The Bertz CT molecular complexity index is 1270. The van der Waals surface area contributed by atoms with Crippen molar-refractivity contribution in [3.05, 3.63) is 0 Å². The monoisotopic (exact) mass is 692 g/mol. The molecular formula is C40H69NO8. The predicted molar refractivity (Wildman–Crippen MR) is 188 cm³/mol. The fourth-order valence-corrected chi connectivity index (χ4v) is 12.6. The highest BCUT2D eigenvalue weighted by molar-refractivity contribution is 5.82. The molecule has 49 heavy (non-hydrogen) atoms. The molecule has 5 aliphatic rings. The fraction of sp³-hybridized carbons (Fsp3) is 0.950. The van der Waals surface area contributed by atoms with E-state index in [4.69, 9.17) is 14.2 Å². The summed E-state index contributed by atoms with van der Waals surface area (Å²) in [5.41, 5.74) is -3.47. The molecule has 1 unspecified atom stereocenters. The van der Waals surface area contributed by atoms with Crippen molar-refractivity contribution >= 4 is 12.1 Å². The maximum Gasteiger partial charge on any atom is 0.408 e. The molecule has 5 rings (SSSR count). The third-order valence-corrected chi connectivity index (χ3v) is 14.9. The van der Waals surface area contributed by atoms with Gasteiger partial charge in [0.15, 0.2) is 0 Å². The lowest BCUT2D eigenvalue weighted by Crippen LogP contribution is -2.66. The van der Waals surface area contributed by atoms with Gasteiger partial charge in [-0.25, -0.2) is 9.59 Å². The highest BCUT2D eigenvalue weighted by Gasteiger charge is 2.74. The molecule has 0 bridgehead atoms. The number of rotatable bonds is 6. The zero-order valence-corrected chi connectivity index (χ0v) is 32.8. The Kier molecular flexibility index (Phi) is 9.77. The molecule has 0 aromatic rings. The minimum Gasteiger partial charge on any atom is -0.460 e. The van der Waals surface area contributed by atoms with Crippen molar-refractivity contribution in [1.82, 2.24) is 5.32 Å². The van der Waals surface area contributed by atoms with E-state index in [-0.39, 0.29) is 51.4 Å². The molecule has 5 fully saturated rings. The van der Waals surface area contributed by atoms with Crippen LogP contribution in [0.5, 0.6) is 0 Å². The van der Waals surface area contributed by atoms with E-state index in [0.717, 1.165) is 32.1 Å². The average molecular weight is 692 g/mol. The SMILES string of the molecule is CC(C)[C@H](NC(=O)OC(C)(C)C)C(=O)O[C@H]1C[C@@]2(C)[C@@H]3C[C@H](O)[C@H]4C(C)(C)[C@@H](O)CC[C@]4(C)C3CC[C@]2(C)[C@H]1[C@@]1(C)CC[C@@H](C(C)(C)O)O1. The number of carbonyl (C=O) groups excluding carboxylic acids is 2. The second kappa shape index (κ2) is 12.3. The third kappa shape index (κ3) is 6.37. The number of aliphatic hydroxyl groups is 3. The van der Waals surface area contributed by atoms with Crippen molar-refractivity contribution in [3.8, 4) is 0 Å². The predicted octanol–water partition coefficient (Wildman–Crippen LogP) is 6.78. The van der Waals surface area contributed by atoms with Gasteiger partial charge in [-0.15, -0.1) is 0 Å². The molecule has 4 saturated carbocycles. The van der Waals surface area contributed by atoms with Crippen LogP contribution >= 0.6 is 0 Å². The van der Waals surface area contributed by atoms with Gasteiger partial charge in [0.05, 0.1) is 29.5 Å². The molecular weight excluding hydrogens is 622 g/mol. The minimum atomic E-state index is -1.01. The number of alkyl carbamates (subject to hydrolysis) is 1. The van der Waals surface area contributed by atoms with E-state index in [1.807, 2.05) is 13.8 Å². The number of ether oxygens (including phenoxy) is 3. The van der Waals surface area contributed by atoms with Gasteiger partial charge in [0.25, 0.3) is 0 Å². The zero-order valence-electron chi connectivity index (χ0n) is 32.8. The summed E-state index contributed by atoms with van der Waals surface area (Å²) in [6.07, 6.45) is 3.81. The van der Waals surface area contributed by atoms with Gasteiger partial charge < -0.3 is 34.8 Å². The Morgan fingerprint density at radius 1 is 0.857 bits per heavy atom. The molecule has 0 spiro atoms. The zero-order chi connectivity index (χ0) is 36.9. The van der Waals surface area contributed by atoms with Gasteiger partial charge >= 0.3 is 12.1 Å². The second-order valence-corrected chi connectivity index (χ2v) is 20.4. The molecule has 9 nitrogen and oxygen atoms in total. The summed E-state index contributed by atoms with van der Waals surface area (Å²) in [6, 6.07) is -0.889. The standard InChI is InChI=1S/C40H69NO8/c1-22(2)29(41-33(45)49-34(3,4)5)32(44)47-26-21-39(12)24-20-25(42)30-35(6,7)27(43)15-17-37(30,10)23(24)14-18-38(39,11)31(26)40(13)19-16-28(48-40)36(8,9)46/h22-31,42-43,46H,14-21H2,1-13H3,(H,41,45)/t23?,24-,25+,26+,27+,28+,29+,30+,31+,37-,38-,39+,40-/m1/s1. The molecule has 1 aliphatic heterocycles. The Labute approximate surface area is 296 Å². The molecule has 4 N–H and O–H groups in total. The number of hydrogen-bond acceptors (Lipinski definition) is 8. The first-order valence-electron chi connectivity index (χ1n) is 19.2. The van der Waals surface area contributed by atoms with Gasteiger partial charge in [-0.1, -0.05) is 48.5 Å². The van der Waals surface area contributed by atoms with Crippen LogP contribution in [0.25, 0.3) is 0 Å². The molecule has 1 amide bonds. The van der Waals surface area contributed by atoms with Crippen molar-refractivity contribution < 1.29 is 39.1 Å². The highest BCUT2D eigenvalue weighted by atomic mass is 16.6. The van der Waals surface area contributed by atoms with Crippen LogP contribution in [0.15, 0.2) is 0 Å². The summed E-state index contributed by atoms with van der Waals surface area (Å²) in [5.74, 6) is -0.319. The Hall–Kier alpha value is -1.42. The van der Waals surface area contributed by atoms with Gasteiger partial charge in [-0.05, 0) is 138 Å². The van der Waals surface area contributed by atoms with Gasteiger partial charge in [0.2, 0.25) is 0 Å². The van der Waals surface area contributed by atoms with Crippen LogP contribution in [0.1, 0.15) is 141 Å². The van der Waals surface area contributed by atoms with E-state index >= 15 is 0 Å². The molecule has 13 atom stereocenters. The second-order valence-electron chi connectivity index (χ2n) is 20.4. The van der Waals surface area contributed by atoms with Crippen molar-refractivity contribution in [2.24, 2.45) is 51.2 Å². The molecule has 4 aliphatic carbocycles. The first-order valence-corrected chi connectivity index (χ1v) is 19.2. The lowest BCUT2D eigenvalue weighted by Gasteiger charge is -2.68. The molecule has 0 radical (unpaired) electrons. The minimum absolute atomic E-state index is 0.00210. The van der Waals surface area contributed by atoms with Crippen molar-refractivity contribution in [2.75, 3.05) is 0 Å². The maximum absolute atomic E-state index is 14.2. The van der Waals surface area contributed by atoms with Crippen LogP contribution in [0.4, 0.5) is 4.79 Å². The molecule has 1 heterocycles. The van der Waals surface area contributed by atoms with Crippen LogP contribution < -0.4 is 5.32 Å². The summed E-state index contributed by atoms with van der Waals surface area (Å²) < 4.78 is 19.0. The van der Waals surface area contributed by atoms with Gasteiger partial charge in [-0.2, -0.15) is 0 Å².